The molecular weight excluding hydrogens is 474 g/mol. The summed E-state index contributed by atoms with van der Waals surface area (Å²) in [6, 6.07) is 5.74. The molecule has 0 radical (unpaired) electrons. The van der Waals surface area contributed by atoms with Crippen LogP contribution < -0.4 is 10.9 Å². The minimum Gasteiger partial charge on any atom is -0.443 e. The van der Waals surface area contributed by atoms with Crippen molar-refractivity contribution in [2.75, 3.05) is 5.32 Å². The number of aliphatic hydroxyl groups is 1. The van der Waals surface area contributed by atoms with Gasteiger partial charge in [-0.05, 0) is 36.6 Å². The van der Waals surface area contributed by atoms with Crippen molar-refractivity contribution < 1.29 is 36.4 Å². The second kappa shape index (κ2) is 8.15. The molecule has 2 aromatic carbocycles. The number of rotatable bonds is 5. The Hall–Kier alpha value is -3.80. The first-order valence-corrected chi connectivity index (χ1v) is 10.3. The normalized spacial score (nSPS) is 14.3. The summed E-state index contributed by atoms with van der Waals surface area (Å²) in [6.45, 7) is 4.14. The molecule has 0 aliphatic rings. The molecule has 4 rings (SSSR count). The van der Waals surface area contributed by atoms with Crippen LogP contribution in [0.3, 0.4) is 0 Å². The highest BCUT2D eigenvalue weighted by molar-refractivity contribution is 6.00. The van der Waals surface area contributed by atoms with Crippen molar-refractivity contribution in [1.29, 1.82) is 0 Å². The lowest BCUT2D eigenvalue weighted by molar-refractivity contribution is -0.254. The maximum atomic E-state index is 14.1. The zero-order valence-electron chi connectivity index (χ0n) is 18.7. The summed E-state index contributed by atoms with van der Waals surface area (Å²) in [4.78, 5) is 28.5. The summed E-state index contributed by atoms with van der Waals surface area (Å²) in [6.07, 6.45) is -5.53. The first-order valence-electron chi connectivity index (χ1n) is 10.3. The lowest BCUT2D eigenvalue weighted by atomic mass is 9.74. The Morgan fingerprint density at radius 1 is 1.14 bits per heavy atom. The number of carbonyl (C=O) groups is 1. The molecule has 4 aromatic rings. The van der Waals surface area contributed by atoms with E-state index in [1.165, 1.54) is 39.0 Å². The largest absolute Gasteiger partial charge is 0.443 e. The molecule has 184 valence electrons. The first-order chi connectivity index (χ1) is 16.2. The maximum Gasteiger partial charge on any atom is 0.426 e. The number of nitrogens with one attached hydrogen (secondary N) is 1. The molecule has 0 bridgehead atoms. The summed E-state index contributed by atoms with van der Waals surface area (Å²) in [5, 5.41) is 16.7. The SMILES string of the molecule is Cc1noc(=O)c2ccc(NC(=O)C(O)(CC(C)(C)c3cc(F)cc4ncoc34)C(F)(F)F)cc12. The number of alkyl halides is 3. The number of hydrogen-bond acceptors (Lipinski definition) is 7. The Morgan fingerprint density at radius 2 is 1.86 bits per heavy atom. The van der Waals surface area contributed by atoms with Crippen LogP contribution in [-0.4, -0.2) is 32.9 Å². The Labute approximate surface area is 194 Å². The van der Waals surface area contributed by atoms with Gasteiger partial charge in [0, 0.05) is 29.1 Å². The summed E-state index contributed by atoms with van der Waals surface area (Å²) in [5.74, 6) is -2.52. The van der Waals surface area contributed by atoms with Crippen molar-refractivity contribution in [3.63, 3.8) is 0 Å². The average Bonchev–Trinajstić information content (AvgIpc) is 3.23. The van der Waals surface area contributed by atoms with Gasteiger partial charge in [-0.15, -0.1) is 0 Å². The number of nitrogens with zero attached hydrogens (tertiary/aromatic N) is 2. The van der Waals surface area contributed by atoms with Crippen LogP contribution in [-0.2, 0) is 10.2 Å². The number of amides is 1. The molecule has 2 N–H and O–H groups in total. The van der Waals surface area contributed by atoms with Gasteiger partial charge >= 0.3 is 11.8 Å². The van der Waals surface area contributed by atoms with Crippen molar-refractivity contribution in [3.05, 3.63) is 64.2 Å². The monoisotopic (exact) mass is 493 g/mol. The van der Waals surface area contributed by atoms with Crippen LogP contribution in [0.2, 0.25) is 0 Å². The van der Waals surface area contributed by atoms with Crippen LogP contribution in [0.4, 0.5) is 23.2 Å². The van der Waals surface area contributed by atoms with Crippen LogP contribution in [0.5, 0.6) is 0 Å². The third-order valence-corrected chi connectivity index (χ3v) is 5.82. The van der Waals surface area contributed by atoms with Crippen molar-refractivity contribution in [1.82, 2.24) is 10.1 Å². The van der Waals surface area contributed by atoms with Gasteiger partial charge in [0.25, 0.3) is 5.91 Å². The number of carbonyl (C=O) groups excluding carboxylic acids is 1. The third-order valence-electron chi connectivity index (χ3n) is 5.82. The molecule has 2 heterocycles. The molecular formula is C23H19F4N3O5. The third kappa shape index (κ3) is 4.25. The lowest BCUT2D eigenvalue weighted by Crippen LogP contribution is -2.57. The molecule has 2 aromatic heterocycles. The second-order valence-electron chi connectivity index (χ2n) is 8.84. The molecule has 0 spiro atoms. The number of fused-ring (bicyclic) bond motifs is 2. The highest BCUT2D eigenvalue weighted by Crippen LogP contribution is 2.43. The van der Waals surface area contributed by atoms with E-state index in [1.54, 1.807) is 0 Å². The molecule has 0 saturated carbocycles. The molecule has 1 atom stereocenters. The second-order valence-corrected chi connectivity index (χ2v) is 8.84. The maximum absolute atomic E-state index is 14.1. The summed E-state index contributed by atoms with van der Waals surface area (Å²) in [5.41, 5.74) is -5.94. The van der Waals surface area contributed by atoms with Crippen LogP contribution in [0, 0.1) is 12.7 Å². The summed E-state index contributed by atoms with van der Waals surface area (Å²) in [7, 11) is 0. The van der Waals surface area contributed by atoms with Gasteiger partial charge < -0.3 is 19.4 Å². The fourth-order valence-electron chi connectivity index (χ4n) is 4.02. The number of halogens is 4. The van der Waals surface area contributed by atoms with Gasteiger partial charge in [0.2, 0.25) is 5.60 Å². The zero-order valence-corrected chi connectivity index (χ0v) is 18.7. The number of anilines is 1. The van der Waals surface area contributed by atoms with Gasteiger partial charge in [0.1, 0.15) is 11.3 Å². The molecule has 0 saturated heterocycles. The van der Waals surface area contributed by atoms with E-state index in [-0.39, 0.29) is 38.8 Å². The van der Waals surface area contributed by atoms with E-state index in [2.05, 4.69) is 20.0 Å². The van der Waals surface area contributed by atoms with E-state index in [9.17, 15) is 32.3 Å². The lowest BCUT2D eigenvalue weighted by Gasteiger charge is -2.36. The van der Waals surface area contributed by atoms with Crippen molar-refractivity contribution >= 4 is 33.5 Å². The molecule has 0 aliphatic heterocycles. The fourth-order valence-corrected chi connectivity index (χ4v) is 4.02. The number of benzene rings is 2. The molecule has 35 heavy (non-hydrogen) atoms. The molecule has 0 fully saturated rings. The van der Waals surface area contributed by atoms with E-state index in [0.717, 1.165) is 18.5 Å². The van der Waals surface area contributed by atoms with Crippen molar-refractivity contribution in [3.8, 4) is 0 Å². The first kappa shape index (κ1) is 24.3. The van der Waals surface area contributed by atoms with Crippen molar-refractivity contribution in [2.24, 2.45) is 0 Å². The smallest absolute Gasteiger partial charge is 0.426 e. The average molecular weight is 493 g/mol. The van der Waals surface area contributed by atoms with Crippen LogP contribution in [0.1, 0.15) is 31.5 Å². The topological polar surface area (TPSA) is 118 Å². The highest BCUT2D eigenvalue weighted by Gasteiger charge is 2.61. The predicted octanol–water partition coefficient (Wildman–Crippen LogP) is 4.38. The summed E-state index contributed by atoms with van der Waals surface area (Å²) >= 11 is 0. The molecule has 0 aliphatic carbocycles. The van der Waals surface area contributed by atoms with Gasteiger partial charge in [-0.2, -0.15) is 13.2 Å². The predicted molar refractivity (Wildman–Crippen MR) is 116 cm³/mol. The van der Waals surface area contributed by atoms with Gasteiger partial charge in [0.05, 0.1) is 11.1 Å². The Bertz CT molecular complexity index is 1510. The molecule has 1 unspecified atom stereocenters. The number of hydrogen-bond donors (Lipinski definition) is 2. The van der Waals surface area contributed by atoms with Crippen LogP contribution in [0.25, 0.3) is 21.9 Å². The van der Waals surface area contributed by atoms with Crippen molar-refractivity contribution in [2.45, 2.75) is 44.4 Å². The van der Waals surface area contributed by atoms with E-state index in [1.807, 2.05) is 0 Å². The van der Waals surface area contributed by atoms with Crippen LogP contribution in [0.15, 0.2) is 50.5 Å². The summed E-state index contributed by atoms with van der Waals surface area (Å²) < 4.78 is 66.3. The van der Waals surface area contributed by atoms with Crippen LogP contribution >= 0.6 is 0 Å². The molecule has 8 nitrogen and oxygen atoms in total. The van der Waals surface area contributed by atoms with Gasteiger partial charge in [-0.1, -0.05) is 19.0 Å². The van der Waals surface area contributed by atoms with Gasteiger partial charge in [0.15, 0.2) is 12.0 Å². The number of aromatic nitrogens is 2. The number of oxazole rings is 1. The standard InChI is InChI=1S/C23H19F4N3O5/c1-11-15-8-13(4-5-14(15)19(31)35-30-11)29-20(32)22(33,23(25,26)27)9-21(2,3)16-6-12(24)7-17-18(16)34-10-28-17/h4-8,10,33H,9H2,1-3H3,(H,29,32). The molecule has 12 heteroatoms. The molecule has 1 amide bonds. The van der Waals surface area contributed by atoms with Gasteiger partial charge in [-0.25, -0.2) is 14.2 Å². The highest BCUT2D eigenvalue weighted by atomic mass is 19.4. The number of aryl methyl sites for hydroxylation is 1. The zero-order chi connectivity index (χ0) is 25.8. The van der Waals surface area contributed by atoms with E-state index < -0.39 is 41.0 Å². The Balaban J connectivity index is 1.72. The minimum absolute atomic E-state index is 0.000366. The fraction of sp³-hybridized carbons (Fsp3) is 0.304. The van der Waals surface area contributed by atoms with E-state index in [4.69, 9.17) is 4.42 Å². The Morgan fingerprint density at radius 3 is 2.54 bits per heavy atom. The van der Waals surface area contributed by atoms with E-state index >= 15 is 0 Å². The Kier molecular flexibility index (Phi) is 5.67. The van der Waals surface area contributed by atoms with Gasteiger partial charge in [-0.3, -0.25) is 4.79 Å². The minimum atomic E-state index is -5.39. The van der Waals surface area contributed by atoms with E-state index in [0.29, 0.717) is 0 Å². The quantitative estimate of drug-likeness (QED) is 0.396.